The molecule has 3 aliphatic carbocycles. The topological polar surface area (TPSA) is 17.1 Å². The van der Waals surface area contributed by atoms with Crippen molar-refractivity contribution >= 4 is 5.78 Å². The highest BCUT2D eigenvalue weighted by Gasteiger charge is 2.53. The zero-order valence-corrected chi connectivity index (χ0v) is 7.57. The summed E-state index contributed by atoms with van der Waals surface area (Å²) in [5.41, 5.74) is 1.31. The van der Waals surface area contributed by atoms with Gasteiger partial charge < -0.3 is 0 Å². The highest BCUT2D eigenvalue weighted by molar-refractivity contribution is 5.86. The molecule has 3 saturated carbocycles. The zero-order chi connectivity index (χ0) is 8.23. The lowest BCUT2D eigenvalue weighted by Gasteiger charge is -2.46. The average Bonchev–Trinajstić information content (AvgIpc) is 2.74. The molecule has 3 aliphatic rings. The van der Waals surface area contributed by atoms with Crippen molar-refractivity contribution < 1.29 is 4.79 Å². The maximum absolute atomic E-state index is 10.9. The van der Waals surface area contributed by atoms with Crippen LogP contribution in [0.1, 0.15) is 51.4 Å². The van der Waals surface area contributed by atoms with Crippen LogP contribution in [0.25, 0.3) is 0 Å². The Morgan fingerprint density at radius 3 is 1.58 bits per heavy atom. The predicted molar refractivity (Wildman–Crippen MR) is 46.8 cm³/mol. The first-order valence-corrected chi connectivity index (χ1v) is 5.24. The molecular formula is C11H16O. The summed E-state index contributed by atoms with van der Waals surface area (Å²) in [6.45, 7) is 0. The van der Waals surface area contributed by atoms with Gasteiger partial charge in [-0.05, 0) is 49.4 Å². The third kappa shape index (κ3) is 0.884. The molecule has 12 heavy (non-hydrogen) atoms. The molecule has 3 fully saturated rings. The van der Waals surface area contributed by atoms with Crippen molar-refractivity contribution in [1.82, 2.24) is 0 Å². The Kier molecular flexibility index (Phi) is 1.15. The van der Waals surface area contributed by atoms with Gasteiger partial charge in [0.2, 0.25) is 0 Å². The first-order chi connectivity index (χ1) is 5.72. The first-order valence-electron chi connectivity index (χ1n) is 5.24. The molecule has 0 saturated heterocycles. The normalized spacial score (nSPS) is 35.2. The van der Waals surface area contributed by atoms with E-state index in [9.17, 15) is 4.79 Å². The van der Waals surface area contributed by atoms with Crippen molar-refractivity contribution in [2.45, 2.75) is 51.4 Å². The Morgan fingerprint density at radius 2 is 1.17 bits per heavy atom. The van der Waals surface area contributed by atoms with E-state index in [1.807, 2.05) is 0 Å². The van der Waals surface area contributed by atoms with Crippen LogP contribution in [0.2, 0.25) is 0 Å². The standard InChI is InChI=1S/C11H16O/c12-9-7-11(8-9)5-3-10(1-2-10)4-6-11/h1-8H2. The number of Topliss-reactive ketones (excluding diaryl/α,β-unsaturated/α-hetero) is 1. The van der Waals surface area contributed by atoms with Gasteiger partial charge >= 0.3 is 0 Å². The van der Waals surface area contributed by atoms with Crippen LogP contribution < -0.4 is 0 Å². The lowest BCUT2D eigenvalue weighted by Crippen LogP contribution is -2.40. The number of hydrogen-bond donors (Lipinski definition) is 0. The van der Waals surface area contributed by atoms with E-state index in [0.717, 1.165) is 18.3 Å². The predicted octanol–water partition coefficient (Wildman–Crippen LogP) is 2.69. The fourth-order valence-corrected chi connectivity index (χ4v) is 3.13. The maximum Gasteiger partial charge on any atom is 0.134 e. The van der Waals surface area contributed by atoms with Crippen molar-refractivity contribution in [2.24, 2.45) is 10.8 Å². The van der Waals surface area contributed by atoms with Crippen molar-refractivity contribution in [2.75, 3.05) is 0 Å². The summed E-state index contributed by atoms with van der Waals surface area (Å²) in [7, 11) is 0. The van der Waals surface area contributed by atoms with Gasteiger partial charge in [0.05, 0.1) is 0 Å². The number of ketones is 1. The zero-order valence-electron chi connectivity index (χ0n) is 7.57. The van der Waals surface area contributed by atoms with Gasteiger partial charge in [0.25, 0.3) is 0 Å². The summed E-state index contributed by atoms with van der Waals surface area (Å²) in [5.74, 6) is 0.516. The molecular weight excluding hydrogens is 148 g/mol. The molecule has 0 bridgehead atoms. The number of rotatable bonds is 0. The first kappa shape index (κ1) is 7.11. The molecule has 0 atom stereocenters. The Balaban J connectivity index is 1.67. The maximum atomic E-state index is 10.9. The van der Waals surface area contributed by atoms with Crippen molar-refractivity contribution in [1.29, 1.82) is 0 Å². The van der Waals surface area contributed by atoms with E-state index in [1.165, 1.54) is 38.5 Å². The Labute approximate surface area is 73.5 Å². The molecule has 3 rings (SSSR count). The monoisotopic (exact) mass is 164 g/mol. The Bertz CT molecular complexity index is 217. The minimum atomic E-state index is 0.516. The number of hydrogen-bond acceptors (Lipinski definition) is 1. The van der Waals surface area contributed by atoms with E-state index in [-0.39, 0.29) is 0 Å². The highest BCUT2D eigenvalue weighted by atomic mass is 16.1. The highest BCUT2D eigenvalue weighted by Crippen LogP contribution is 2.63. The molecule has 0 amide bonds. The number of carbonyl (C=O) groups is 1. The van der Waals surface area contributed by atoms with E-state index in [4.69, 9.17) is 0 Å². The molecule has 0 aliphatic heterocycles. The molecule has 0 radical (unpaired) electrons. The van der Waals surface area contributed by atoms with Crippen LogP contribution in [0.3, 0.4) is 0 Å². The minimum absolute atomic E-state index is 0.516. The van der Waals surface area contributed by atoms with Crippen LogP contribution >= 0.6 is 0 Å². The molecule has 0 heterocycles. The molecule has 2 spiro atoms. The van der Waals surface area contributed by atoms with E-state index < -0.39 is 0 Å². The average molecular weight is 164 g/mol. The van der Waals surface area contributed by atoms with E-state index in [0.29, 0.717) is 11.2 Å². The van der Waals surface area contributed by atoms with Crippen LogP contribution in [-0.4, -0.2) is 5.78 Å². The van der Waals surface area contributed by atoms with Gasteiger partial charge in [0.15, 0.2) is 0 Å². The summed E-state index contributed by atoms with van der Waals surface area (Å²) in [6, 6.07) is 0. The summed E-state index contributed by atoms with van der Waals surface area (Å²) >= 11 is 0. The van der Waals surface area contributed by atoms with Gasteiger partial charge in [-0.3, -0.25) is 4.79 Å². The number of carbonyl (C=O) groups excluding carboxylic acids is 1. The van der Waals surface area contributed by atoms with E-state index in [1.54, 1.807) is 0 Å². The smallest absolute Gasteiger partial charge is 0.134 e. The van der Waals surface area contributed by atoms with Crippen LogP contribution in [0.15, 0.2) is 0 Å². The fraction of sp³-hybridized carbons (Fsp3) is 0.909. The van der Waals surface area contributed by atoms with Crippen LogP contribution in [0, 0.1) is 10.8 Å². The van der Waals surface area contributed by atoms with Crippen LogP contribution in [-0.2, 0) is 4.79 Å². The van der Waals surface area contributed by atoms with Crippen molar-refractivity contribution in [3.05, 3.63) is 0 Å². The summed E-state index contributed by atoms with van der Waals surface area (Å²) < 4.78 is 0. The summed E-state index contributed by atoms with van der Waals surface area (Å²) in [5, 5.41) is 0. The molecule has 0 aromatic heterocycles. The minimum Gasteiger partial charge on any atom is -0.300 e. The molecule has 1 heteroatoms. The second kappa shape index (κ2) is 1.94. The van der Waals surface area contributed by atoms with Crippen LogP contribution in [0.4, 0.5) is 0 Å². The van der Waals surface area contributed by atoms with Gasteiger partial charge in [0.1, 0.15) is 5.78 Å². The van der Waals surface area contributed by atoms with Gasteiger partial charge in [-0.1, -0.05) is 0 Å². The molecule has 0 N–H and O–H groups in total. The summed E-state index contributed by atoms with van der Waals surface area (Å²) in [4.78, 5) is 10.9. The van der Waals surface area contributed by atoms with E-state index >= 15 is 0 Å². The Hall–Kier alpha value is -0.330. The largest absolute Gasteiger partial charge is 0.300 e. The lowest BCUT2D eigenvalue weighted by molar-refractivity contribution is -0.135. The van der Waals surface area contributed by atoms with E-state index in [2.05, 4.69) is 0 Å². The third-order valence-electron chi connectivity index (χ3n) is 4.47. The van der Waals surface area contributed by atoms with Crippen molar-refractivity contribution in [3.8, 4) is 0 Å². The van der Waals surface area contributed by atoms with Gasteiger partial charge in [-0.15, -0.1) is 0 Å². The fourth-order valence-electron chi connectivity index (χ4n) is 3.13. The molecule has 0 unspecified atom stereocenters. The summed E-state index contributed by atoms with van der Waals surface area (Å²) in [6.07, 6.45) is 10.4. The van der Waals surface area contributed by atoms with Gasteiger partial charge in [0, 0.05) is 12.8 Å². The second-order valence-electron chi connectivity index (χ2n) is 5.39. The molecule has 0 aromatic carbocycles. The molecule has 66 valence electrons. The Morgan fingerprint density at radius 1 is 0.750 bits per heavy atom. The molecule has 0 aromatic rings. The van der Waals surface area contributed by atoms with Crippen LogP contribution in [0.5, 0.6) is 0 Å². The van der Waals surface area contributed by atoms with Gasteiger partial charge in [-0.2, -0.15) is 0 Å². The second-order valence-corrected chi connectivity index (χ2v) is 5.39. The third-order valence-corrected chi connectivity index (χ3v) is 4.47. The SMILES string of the molecule is O=C1CC2(CCC3(CC3)CC2)C1. The molecule has 1 nitrogen and oxygen atoms in total. The lowest BCUT2D eigenvalue weighted by atomic mass is 9.58. The van der Waals surface area contributed by atoms with Crippen molar-refractivity contribution in [3.63, 3.8) is 0 Å². The van der Waals surface area contributed by atoms with Gasteiger partial charge in [-0.25, -0.2) is 0 Å². The quantitative estimate of drug-likeness (QED) is 0.538.